The Morgan fingerprint density at radius 1 is 1.17 bits per heavy atom. The summed E-state index contributed by atoms with van der Waals surface area (Å²) >= 11 is 1.47. The van der Waals surface area contributed by atoms with E-state index in [2.05, 4.69) is 5.32 Å². The molecule has 0 saturated carbocycles. The number of sulfonamides is 1. The van der Waals surface area contributed by atoms with Crippen LogP contribution in [0.5, 0.6) is 0 Å². The Kier molecular flexibility index (Phi) is 5.48. The van der Waals surface area contributed by atoms with Gasteiger partial charge in [0.1, 0.15) is 0 Å². The lowest BCUT2D eigenvalue weighted by atomic mass is 10.2. The van der Waals surface area contributed by atoms with E-state index in [1.165, 1.54) is 35.6 Å². The molecule has 0 radical (unpaired) electrons. The maximum atomic E-state index is 11.7. The molecule has 0 aliphatic heterocycles. The standard InChI is InChI=1S/C14H14N2O5S2/c15-23(19,20)12-3-1-11(2-4-12)16-13(17)8-21-14(18)7-10-5-6-22-9-10/h1-6,9H,7-8H2,(H,16,17)(H2,15,19,20). The van der Waals surface area contributed by atoms with Crippen LogP contribution in [0.25, 0.3) is 0 Å². The fourth-order valence-corrected chi connectivity index (χ4v) is 2.87. The van der Waals surface area contributed by atoms with Crippen LogP contribution < -0.4 is 10.5 Å². The van der Waals surface area contributed by atoms with Crippen molar-refractivity contribution in [2.75, 3.05) is 11.9 Å². The van der Waals surface area contributed by atoms with Gasteiger partial charge in [-0.05, 0) is 46.7 Å². The van der Waals surface area contributed by atoms with E-state index in [9.17, 15) is 18.0 Å². The molecule has 0 atom stereocenters. The SMILES string of the molecule is NS(=O)(=O)c1ccc(NC(=O)COC(=O)Cc2ccsc2)cc1. The first kappa shape index (κ1) is 17.1. The Bertz CT molecular complexity index is 783. The number of esters is 1. The number of thiophene rings is 1. The normalized spacial score (nSPS) is 11.0. The third kappa shape index (κ3) is 5.47. The molecule has 0 fully saturated rings. The molecule has 9 heteroatoms. The number of benzene rings is 1. The van der Waals surface area contributed by atoms with Crippen LogP contribution in [0.2, 0.25) is 0 Å². The zero-order valence-electron chi connectivity index (χ0n) is 11.9. The van der Waals surface area contributed by atoms with Crippen LogP contribution in [0.15, 0.2) is 46.0 Å². The molecule has 2 aromatic rings. The van der Waals surface area contributed by atoms with Gasteiger partial charge in [0.25, 0.3) is 5.91 Å². The van der Waals surface area contributed by atoms with Crippen molar-refractivity contribution in [2.24, 2.45) is 5.14 Å². The molecule has 122 valence electrons. The zero-order valence-corrected chi connectivity index (χ0v) is 13.5. The lowest BCUT2D eigenvalue weighted by Gasteiger charge is -2.07. The summed E-state index contributed by atoms with van der Waals surface area (Å²) in [6.45, 7) is -0.417. The molecule has 1 amide bonds. The lowest BCUT2D eigenvalue weighted by Crippen LogP contribution is -2.21. The summed E-state index contributed by atoms with van der Waals surface area (Å²) in [6, 6.07) is 7.13. The van der Waals surface area contributed by atoms with Gasteiger partial charge < -0.3 is 10.1 Å². The first-order chi connectivity index (χ1) is 10.8. The highest BCUT2D eigenvalue weighted by Crippen LogP contribution is 2.12. The van der Waals surface area contributed by atoms with Crippen molar-refractivity contribution in [3.8, 4) is 0 Å². The van der Waals surface area contributed by atoms with Gasteiger partial charge in [0.15, 0.2) is 6.61 Å². The molecule has 0 aliphatic carbocycles. The van der Waals surface area contributed by atoms with Crippen LogP contribution in [0, 0.1) is 0 Å². The summed E-state index contributed by atoms with van der Waals surface area (Å²) in [5.74, 6) is -1.02. The number of anilines is 1. The predicted molar refractivity (Wildman–Crippen MR) is 85.4 cm³/mol. The fourth-order valence-electron chi connectivity index (χ4n) is 1.68. The van der Waals surface area contributed by atoms with Crippen molar-refractivity contribution in [3.05, 3.63) is 46.7 Å². The van der Waals surface area contributed by atoms with E-state index in [-0.39, 0.29) is 11.3 Å². The number of primary sulfonamides is 1. The number of ether oxygens (including phenoxy) is 1. The lowest BCUT2D eigenvalue weighted by molar-refractivity contribution is -0.146. The molecule has 0 aliphatic rings. The molecule has 7 nitrogen and oxygen atoms in total. The fraction of sp³-hybridized carbons (Fsp3) is 0.143. The highest BCUT2D eigenvalue weighted by atomic mass is 32.2. The van der Waals surface area contributed by atoms with E-state index in [0.717, 1.165) is 5.56 Å². The Balaban J connectivity index is 1.81. The first-order valence-corrected chi connectivity index (χ1v) is 8.93. The van der Waals surface area contributed by atoms with E-state index >= 15 is 0 Å². The van der Waals surface area contributed by atoms with Crippen molar-refractivity contribution >= 4 is 38.9 Å². The smallest absolute Gasteiger partial charge is 0.310 e. The van der Waals surface area contributed by atoms with Gasteiger partial charge in [-0.15, -0.1) is 0 Å². The number of nitrogens with two attached hydrogens (primary N) is 1. The molecule has 0 spiro atoms. The molecule has 0 bridgehead atoms. The number of carbonyl (C=O) groups excluding carboxylic acids is 2. The van der Waals surface area contributed by atoms with Gasteiger partial charge >= 0.3 is 5.97 Å². The number of nitrogens with one attached hydrogen (secondary N) is 1. The van der Waals surface area contributed by atoms with Gasteiger partial charge in [0, 0.05) is 5.69 Å². The Morgan fingerprint density at radius 2 is 1.87 bits per heavy atom. The van der Waals surface area contributed by atoms with Gasteiger partial charge in [-0.1, -0.05) is 0 Å². The van der Waals surface area contributed by atoms with Gasteiger partial charge in [0.05, 0.1) is 11.3 Å². The van der Waals surface area contributed by atoms with Crippen LogP contribution in [0.1, 0.15) is 5.56 Å². The number of hydrogen-bond acceptors (Lipinski definition) is 6. The van der Waals surface area contributed by atoms with Crippen LogP contribution >= 0.6 is 11.3 Å². The molecule has 3 N–H and O–H groups in total. The average Bonchev–Trinajstić information content (AvgIpc) is 2.98. The number of carbonyl (C=O) groups is 2. The second-order valence-electron chi connectivity index (χ2n) is 4.59. The maximum absolute atomic E-state index is 11.7. The third-order valence-electron chi connectivity index (χ3n) is 2.76. The molecular weight excluding hydrogens is 340 g/mol. The maximum Gasteiger partial charge on any atom is 0.310 e. The van der Waals surface area contributed by atoms with Gasteiger partial charge in [-0.25, -0.2) is 13.6 Å². The second kappa shape index (κ2) is 7.36. The van der Waals surface area contributed by atoms with Crippen molar-refractivity contribution < 1.29 is 22.7 Å². The van der Waals surface area contributed by atoms with Crippen molar-refractivity contribution in [2.45, 2.75) is 11.3 Å². The molecule has 2 rings (SSSR count). The van der Waals surface area contributed by atoms with Crippen LogP contribution in [-0.2, 0) is 30.8 Å². The van der Waals surface area contributed by atoms with E-state index < -0.39 is 28.5 Å². The summed E-state index contributed by atoms with van der Waals surface area (Å²) in [4.78, 5) is 23.2. The van der Waals surface area contributed by atoms with E-state index in [0.29, 0.717) is 5.69 Å². The van der Waals surface area contributed by atoms with Crippen LogP contribution in [0.4, 0.5) is 5.69 Å². The Hall–Kier alpha value is -2.23. The molecule has 1 heterocycles. The highest BCUT2D eigenvalue weighted by molar-refractivity contribution is 7.89. The zero-order chi connectivity index (χ0) is 16.9. The molecule has 1 aromatic carbocycles. The van der Waals surface area contributed by atoms with Gasteiger partial charge in [-0.2, -0.15) is 11.3 Å². The quantitative estimate of drug-likeness (QED) is 0.754. The predicted octanol–water partition coefficient (Wildman–Crippen LogP) is 1.12. The summed E-state index contributed by atoms with van der Waals surface area (Å²) in [5, 5.41) is 11.1. The molecule has 0 unspecified atom stereocenters. The second-order valence-corrected chi connectivity index (χ2v) is 6.93. The summed E-state index contributed by atoms with van der Waals surface area (Å²) in [5.41, 5.74) is 1.20. The van der Waals surface area contributed by atoms with E-state index in [1.807, 2.05) is 10.8 Å². The largest absolute Gasteiger partial charge is 0.455 e. The number of amides is 1. The first-order valence-electron chi connectivity index (χ1n) is 6.44. The monoisotopic (exact) mass is 354 g/mol. The van der Waals surface area contributed by atoms with Gasteiger partial charge in [-0.3, -0.25) is 9.59 Å². The summed E-state index contributed by atoms with van der Waals surface area (Å²) in [6.07, 6.45) is 0.111. The molecule has 23 heavy (non-hydrogen) atoms. The molecular formula is C14H14N2O5S2. The molecule has 1 aromatic heterocycles. The number of hydrogen-bond donors (Lipinski definition) is 2. The Morgan fingerprint density at radius 3 is 2.43 bits per heavy atom. The summed E-state index contributed by atoms with van der Waals surface area (Å²) in [7, 11) is -3.78. The minimum Gasteiger partial charge on any atom is -0.455 e. The van der Waals surface area contributed by atoms with E-state index in [1.54, 1.807) is 6.07 Å². The van der Waals surface area contributed by atoms with Crippen molar-refractivity contribution in [1.82, 2.24) is 0 Å². The van der Waals surface area contributed by atoms with E-state index in [4.69, 9.17) is 9.88 Å². The topological polar surface area (TPSA) is 116 Å². The average molecular weight is 354 g/mol. The molecule has 0 saturated heterocycles. The summed E-state index contributed by atoms with van der Waals surface area (Å²) < 4.78 is 27.1. The van der Waals surface area contributed by atoms with Gasteiger partial charge in [0.2, 0.25) is 10.0 Å². The van der Waals surface area contributed by atoms with Crippen LogP contribution in [-0.4, -0.2) is 26.9 Å². The minimum absolute atomic E-state index is 0.0577. The number of rotatable bonds is 6. The third-order valence-corrected chi connectivity index (χ3v) is 4.42. The van der Waals surface area contributed by atoms with Crippen molar-refractivity contribution in [1.29, 1.82) is 0 Å². The highest BCUT2D eigenvalue weighted by Gasteiger charge is 2.10. The van der Waals surface area contributed by atoms with Crippen molar-refractivity contribution in [3.63, 3.8) is 0 Å². The van der Waals surface area contributed by atoms with Crippen LogP contribution in [0.3, 0.4) is 0 Å². The Labute approximate surface area is 137 Å². The minimum atomic E-state index is -3.78.